The highest BCUT2D eigenvalue weighted by molar-refractivity contribution is 7.88. The van der Waals surface area contributed by atoms with Crippen LogP contribution in [0.25, 0.3) is 10.9 Å². The topological polar surface area (TPSA) is 60.3 Å². The molecule has 6 heteroatoms. The van der Waals surface area contributed by atoms with Crippen LogP contribution in [0, 0.1) is 0 Å². The summed E-state index contributed by atoms with van der Waals surface area (Å²) in [5, 5.41) is 1.08. The van der Waals surface area contributed by atoms with Crippen molar-refractivity contribution in [3.05, 3.63) is 30.5 Å². The number of methoxy groups -OCH3 is 1. The monoisotopic (exact) mass is 268 g/mol. The summed E-state index contributed by atoms with van der Waals surface area (Å²) in [5.41, 5.74) is 1.06. The fourth-order valence-corrected chi connectivity index (χ4v) is 2.31. The molecule has 0 aliphatic rings. The summed E-state index contributed by atoms with van der Waals surface area (Å²) >= 11 is 0. The largest absolute Gasteiger partial charge is 0.497 e. The summed E-state index contributed by atoms with van der Waals surface area (Å²) in [6.07, 6.45) is 3.10. The lowest BCUT2D eigenvalue weighted by atomic mass is 10.2. The molecule has 0 atom stereocenters. The lowest BCUT2D eigenvalue weighted by molar-refractivity contribution is 0.415. The summed E-state index contributed by atoms with van der Waals surface area (Å²) in [7, 11) is -1.49. The Morgan fingerprint density at radius 3 is 2.78 bits per heavy atom. The molecule has 1 aromatic carbocycles. The zero-order valence-corrected chi connectivity index (χ0v) is 11.2. The number of aromatic nitrogens is 1. The van der Waals surface area contributed by atoms with E-state index in [4.69, 9.17) is 4.74 Å². The minimum atomic E-state index is -3.12. The van der Waals surface area contributed by atoms with Gasteiger partial charge in [-0.3, -0.25) is 0 Å². The van der Waals surface area contributed by atoms with Gasteiger partial charge in [0.15, 0.2) is 0 Å². The maximum Gasteiger partial charge on any atom is 0.208 e. The Morgan fingerprint density at radius 1 is 1.33 bits per heavy atom. The Balaban J connectivity index is 2.15. The van der Waals surface area contributed by atoms with E-state index in [0.717, 1.165) is 22.9 Å². The predicted octanol–water partition coefficient (Wildman–Crippen LogP) is 1.20. The molecule has 1 N–H and O–H groups in total. The van der Waals surface area contributed by atoms with Crippen molar-refractivity contribution in [3.8, 4) is 5.75 Å². The fraction of sp³-hybridized carbons (Fsp3) is 0.333. The van der Waals surface area contributed by atoms with E-state index in [0.29, 0.717) is 13.1 Å². The Bertz CT molecular complexity index is 646. The van der Waals surface area contributed by atoms with Crippen molar-refractivity contribution in [1.29, 1.82) is 0 Å². The second kappa shape index (κ2) is 4.99. The SMILES string of the molecule is COc1ccc2c(ccn2CCNS(C)(=O)=O)c1. The van der Waals surface area contributed by atoms with Crippen molar-refractivity contribution in [2.75, 3.05) is 19.9 Å². The van der Waals surface area contributed by atoms with Crippen LogP contribution in [0.15, 0.2) is 30.5 Å². The van der Waals surface area contributed by atoms with Gasteiger partial charge in [-0.05, 0) is 24.3 Å². The van der Waals surface area contributed by atoms with Gasteiger partial charge in [0.1, 0.15) is 5.75 Å². The highest BCUT2D eigenvalue weighted by Crippen LogP contribution is 2.21. The molecule has 0 spiro atoms. The van der Waals surface area contributed by atoms with Crippen molar-refractivity contribution in [1.82, 2.24) is 9.29 Å². The lowest BCUT2D eigenvalue weighted by Gasteiger charge is -2.06. The third-order valence-corrected chi connectivity index (χ3v) is 3.42. The summed E-state index contributed by atoms with van der Waals surface area (Å²) in [4.78, 5) is 0. The average molecular weight is 268 g/mol. The second-order valence-electron chi connectivity index (χ2n) is 4.10. The minimum absolute atomic E-state index is 0.384. The van der Waals surface area contributed by atoms with Crippen LogP contribution in [0.5, 0.6) is 5.75 Å². The van der Waals surface area contributed by atoms with Crippen molar-refractivity contribution in [2.24, 2.45) is 0 Å². The van der Waals surface area contributed by atoms with Crippen LogP contribution in [-0.4, -0.2) is 32.9 Å². The van der Waals surface area contributed by atoms with Crippen molar-refractivity contribution >= 4 is 20.9 Å². The van der Waals surface area contributed by atoms with Gasteiger partial charge in [0.2, 0.25) is 10.0 Å². The Hall–Kier alpha value is -1.53. The molecule has 5 nitrogen and oxygen atoms in total. The smallest absolute Gasteiger partial charge is 0.208 e. The van der Waals surface area contributed by atoms with Gasteiger partial charge in [0.25, 0.3) is 0 Å². The highest BCUT2D eigenvalue weighted by Gasteiger charge is 2.04. The third-order valence-electron chi connectivity index (χ3n) is 2.70. The molecule has 0 amide bonds. The van der Waals surface area contributed by atoms with Gasteiger partial charge in [-0.25, -0.2) is 13.1 Å². The van der Waals surface area contributed by atoms with Crippen molar-refractivity contribution < 1.29 is 13.2 Å². The summed E-state index contributed by atoms with van der Waals surface area (Å²) in [5.74, 6) is 0.814. The average Bonchev–Trinajstić information content (AvgIpc) is 2.70. The first-order chi connectivity index (χ1) is 8.49. The number of fused-ring (bicyclic) bond motifs is 1. The Kier molecular flexibility index (Phi) is 3.58. The van der Waals surface area contributed by atoms with E-state index < -0.39 is 10.0 Å². The molecule has 0 fully saturated rings. The van der Waals surface area contributed by atoms with Crippen LogP contribution >= 0.6 is 0 Å². The number of hydrogen-bond donors (Lipinski definition) is 1. The third kappa shape index (κ3) is 3.02. The molecule has 0 aliphatic carbocycles. The van der Waals surface area contributed by atoms with Gasteiger partial charge in [-0.2, -0.15) is 0 Å². The molecule has 1 aromatic heterocycles. The highest BCUT2D eigenvalue weighted by atomic mass is 32.2. The first-order valence-corrected chi connectivity index (χ1v) is 7.46. The van der Waals surface area contributed by atoms with E-state index in [9.17, 15) is 8.42 Å². The number of benzene rings is 1. The molecule has 0 unspecified atom stereocenters. The van der Waals surface area contributed by atoms with Crippen LogP contribution in [0.1, 0.15) is 0 Å². The number of ether oxygens (including phenoxy) is 1. The molecule has 0 aliphatic heterocycles. The van der Waals surface area contributed by atoms with Crippen LogP contribution in [-0.2, 0) is 16.6 Å². The van der Waals surface area contributed by atoms with Crippen LogP contribution in [0.2, 0.25) is 0 Å². The number of sulfonamides is 1. The maximum absolute atomic E-state index is 11.0. The zero-order valence-electron chi connectivity index (χ0n) is 10.4. The molecule has 0 bridgehead atoms. The van der Waals surface area contributed by atoms with Crippen LogP contribution in [0.4, 0.5) is 0 Å². The van der Waals surface area contributed by atoms with Gasteiger partial charge in [-0.1, -0.05) is 0 Å². The Labute approximate surface area is 106 Å². The molecular weight excluding hydrogens is 252 g/mol. The van der Waals surface area contributed by atoms with Crippen LogP contribution in [0.3, 0.4) is 0 Å². The quantitative estimate of drug-likeness (QED) is 0.886. The lowest BCUT2D eigenvalue weighted by Crippen LogP contribution is -2.25. The fourth-order valence-electron chi connectivity index (χ4n) is 1.85. The normalized spacial score (nSPS) is 11.9. The first kappa shape index (κ1) is 12.9. The number of nitrogens with one attached hydrogen (secondary N) is 1. The molecule has 0 radical (unpaired) electrons. The summed E-state index contributed by atoms with van der Waals surface area (Å²) in [6.45, 7) is 0.984. The number of hydrogen-bond acceptors (Lipinski definition) is 3. The van der Waals surface area contributed by atoms with Gasteiger partial charge in [0.05, 0.1) is 13.4 Å². The van der Waals surface area contributed by atoms with Gasteiger partial charge < -0.3 is 9.30 Å². The van der Waals surface area contributed by atoms with E-state index in [-0.39, 0.29) is 0 Å². The van der Waals surface area contributed by atoms with E-state index in [1.165, 1.54) is 0 Å². The van der Waals surface area contributed by atoms with Gasteiger partial charge >= 0.3 is 0 Å². The van der Waals surface area contributed by atoms with Crippen molar-refractivity contribution in [2.45, 2.75) is 6.54 Å². The maximum atomic E-state index is 11.0. The van der Waals surface area contributed by atoms with Crippen molar-refractivity contribution in [3.63, 3.8) is 0 Å². The molecule has 98 valence electrons. The molecule has 0 saturated carbocycles. The second-order valence-corrected chi connectivity index (χ2v) is 5.93. The molecular formula is C12H16N2O3S. The first-order valence-electron chi connectivity index (χ1n) is 5.57. The van der Waals surface area contributed by atoms with Crippen LogP contribution < -0.4 is 9.46 Å². The summed E-state index contributed by atoms with van der Waals surface area (Å²) in [6, 6.07) is 7.80. The number of rotatable bonds is 5. The summed E-state index contributed by atoms with van der Waals surface area (Å²) < 4.78 is 31.6. The minimum Gasteiger partial charge on any atom is -0.497 e. The van der Waals surface area contributed by atoms with E-state index >= 15 is 0 Å². The standard InChI is InChI=1S/C12H16N2O3S/c1-17-11-3-4-12-10(9-11)5-7-14(12)8-6-13-18(2,15)16/h3-5,7,9,13H,6,8H2,1-2H3. The van der Waals surface area contributed by atoms with Gasteiger partial charge in [-0.15, -0.1) is 0 Å². The molecule has 2 rings (SSSR count). The van der Waals surface area contributed by atoms with E-state index in [1.807, 2.05) is 35.0 Å². The van der Waals surface area contributed by atoms with E-state index in [1.54, 1.807) is 7.11 Å². The molecule has 1 heterocycles. The molecule has 0 saturated heterocycles. The number of nitrogens with zero attached hydrogens (tertiary/aromatic N) is 1. The Morgan fingerprint density at radius 2 is 2.11 bits per heavy atom. The molecule has 18 heavy (non-hydrogen) atoms. The van der Waals surface area contributed by atoms with E-state index in [2.05, 4.69) is 4.72 Å². The van der Waals surface area contributed by atoms with Gasteiger partial charge in [0, 0.05) is 30.2 Å². The predicted molar refractivity (Wildman–Crippen MR) is 71.3 cm³/mol. The molecule has 2 aromatic rings. The zero-order chi connectivity index (χ0) is 13.2.